The molecule has 13 aromatic rings. The summed E-state index contributed by atoms with van der Waals surface area (Å²) in [6.45, 7) is 4.58. The maximum Gasteiger partial charge on any atom is 0.255 e. The number of aromatic nitrogens is 2. The fraction of sp³-hybridized carbons (Fsp3) is 0.0759. The van der Waals surface area contributed by atoms with E-state index in [0.717, 1.165) is 0 Å². The van der Waals surface area contributed by atoms with E-state index in [9.17, 15) is 0 Å². The Kier molecular flexibility index (Phi) is 13.0. The fourth-order valence-electron chi connectivity index (χ4n) is 13.5. The van der Waals surface area contributed by atoms with E-state index in [1.165, 1.54) is 123 Å². The van der Waals surface area contributed by atoms with Crippen molar-refractivity contribution in [2.24, 2.45) is 0 Å². The van der Waals surface area contributed by atoms with Crippen LogP contribution >= 0.6 is 0 Å². The van der Waals surface area contributed by atoms with Crippen molar-refractivity contribution >= 4 is 10.8 Å². The first kappa shape index (κ1) is 49.4. The van der Waals surface area contributed by atoms with E-state index >= 15 is 0 Å². The second-order valence-electron chi connectivity index (χ2n) is 21.9. The lowest BCUT2D eigenvalue weighted by atomic mass is 9.78. The van der Waals surface area contributed by atoms with Crippen molar-refractivity contribution in [3.63, 3.8) is 0 Å². The van der Waals surface area contributed by atoms with Crippen molar-refractivity contribution in [2.75, 3.05) is 0 Å². The highest BCUT2D eigenvalue weighted by Crippen LogP contribution is 2.52. The quantitative estimate of drug-likeness (QED) is 0.0758. The van der Waals surface area contributed by atoms with Crippen LogP contribution in [-0.2, 0) is 0 Å². The molecule has 1 aromatic heterocycles. The molecule has 81 heavy (non-hydrogen) atoms. The molecule has 1 aliphatic rings. The van der Waals surface area contributed by atoms with E-state index in [-0.39, 0.29) is 23.7 Å². The van der Waals surface area contributed by atoms with Crippen LogP contribution in [0.2, 0.25) is 0 Å². The Balaban J connectivity index is 1.19. The first-order chi connectivity index (χ1) is 40.1. The molecule has 0 N–H and O–H groups in total. The van der Waals surface area contributed by atoms with Crippen LogP contribution in [0.15, 0.2) is 310 Å². The Morgan fingerprint density at radius 2 is 0.580 bits per heavy atom. The van der Waals surface area contributed by atoms with Crippen LogP contribution in [0.25, 0.3) is 44.7 Å². The summed E-state index contributed by atoms with van der Waals surface area (Å²) in [5, 5.41) is 2.50. The molecule has 12 aromatic carbocycles. The van der Waals surface area contributed by atoms with Crippen LogP contribution in [0.3, 0.4) is 0 Å². The van der Waals surface area contributed by atoms with Gasteiger partial charge in [0.2, 0.25) is 0 Å². The van der Waals surface area contributed by atoms with Gasteiger partial charge in [0, 0.05) is 62.4 Å². The molecule has 0 bridgehead atoms. The monoisotopic (exact) mass is 1040 g/mol. The van der Waals surface area contributed by atoms with E-state index in [1.54, 1.807) is 0 Å². The molecular formula is C79H61N2+. The van der Waals surface area contributed by atoms with E-state index < -0.39 is 0 Å². The highest BCUT2D eigenvalue weighted by molar-refractivity contribution is 6.13. The normalized spacial score (nSPS) is 11.8. The molecule has 386 valence electrons. The Labute approximate surface area is 476 Å². The summed E-state index contributed by atoms with van der Waals surface area (Å²) in [6.07, 6.45) is 2.49. The summed E-state index contributed by atoms with van der Waals surface area (Å²) in [7, 11) is 0. The van der Waals surface area contributed by atoms with Crippen molar-refractivity contribution in [2.45, 2.75) is 37.5 Å². The van der Waals surface area contributed by atoms with E-state index in [2.05, 4.69) is 333 Å². The van der Waals surface area contributed by atoms with Crippen LogP contribution in [0.4, 0.5) is 0 Å². The summed E-state index contributed by atoms with van der Waals surface area (Å²) < 4.78 is 5.28. The zero-order chi connectivity index (χ0) is 54.2. The zero-order valence-electron chi connectivity index (χ0n) is 45.6. The van der Waals surface area contributed by atoms with E-state index in [4.69, 9.17) is 0 Å². The Morgan fingerprint density at radius 1 is 0.296 bits per heavy atom. The molecule has 1 aliphatic carbocycles. The van der Waals surface area contributed by atoms with E-state index in [1.807, 2.05) is 0 Å². The van der Waals surface area contributed by atoms with Gasteiger partial charge in [0.05, 0.1) is 0 Å². The third kappa shape index (κ3) is 9.00. The second kappa shape index (κ2) is 21.4. The topological polar surface area (TPSA) is 8.81 Å². The van der Waals surface area contributed by atoms with Crippen LogP contribution in [0.1, 0.15) is 102 Å². The van der Waals surface area contributed by atoms with Gasteiger partial charge in [0.25, 0.3) is 6.33 Å². The maximum absolute atomic E-state index is 2.64. The fourth-order valence-corrected chi connectivity index (χ4v) is 13.5. The summed E-state index contributed by atoms with van der Waals surface area (Å²) in [5.41, 5.74) is 24.5. The number of hydrogen-bond donors (Lipinski definition) is 0. The zero-order valence-corrected chi connectivity index (χ0v) is 45.6. The Morgan fingerprint density at radius 3 is 0.901 bits per heavy atom. The van der Waals surface area contributed by atoms with Crippen molar-refractivity contribution < 1.29 is 4.57 Å². The average Bonchev–Trinajstić information content (AvgIpc) is 4.15. The van der Waals surface area contributed by atoms with Crippen molar-refractivity contribution in [3.05, 3.63) is 388 Å². The number of benzene rings is 12. The van der Waals surface area contributed by atoms with Crippen LogP contribution < -0.4 is 4.57 Å². The molecule has 0 amide bonds. The van der Waals surface area contributed by atoms with Gasteiger partial charge in [-0.2, -0.15) is 9.13 Å². The molecule has 0 atom stereocenters. The van der Waals surface area contributed by atoms with Gasteiger partial charge >= 0.3 is 0 Å². The lowest BCUT2D eigenvalue weighted by molar-refractivity contribution is -0.584. The van der Waals surface area contributed by atoms with Crippen LogP contribution in [0, 0.1) is 13.8 Å². The number of rotatable bonds is 14. The molecule has 2 nitrogen and oxygen atoms in total. The number of hydrogen-bond acceptors (Lipinski definition) is 0. The summed E-state index contributed by atoms with van der Waals surface area (Å²) in [4.78, 5) is 0. The van der Waals surface area contributed by atoms with Crippen molar-refractivity contribution in [1.29, 1.82) is 0 Å². The molecule has 0 fully saturated rings. The average molecular weight is 1040 g/mol. The molecule has 0 unspecified atom stereocenters. The van der Waals surface area contributed by atoms with Crippen LogP contribution in [0.5, 0.6) is 0 Å². The summed E-state index contributed by atoms with van der Waals surface area (Å²) in [5.74, 6) is -0.478. The minimum absolute atomic E-state index is 0.120. The van der Waals surface area contributed by atoms with Gasteiger partial charge in [-0.1, -0.05) is 302 Å². The Hall–Kier alpha value is -9.89. The SMILES string of the molecule is Cc1cc(C(c2ccccc2)c2ccccc2)c(-n2c[n+](-c3c(C(c4ccccc4)c4ccccc4)cc(C)cc3C(c3ccccc3)c3ccccc3)c3c2-c2cccc4cccc-3c24)c(C(c2ccccc2)c2ccccc2)c1. The Bertz CT molecular complexity index is 3680. The van der Waals surface area contributed by atoms with Gasteiger partial charge in [0.1, 0.15) is 11.4 Å². The third-order valence-corrected chi connectivity index (χ3v) is 16.8. The highest BCUT2D eigenvalue weighted by Gasteiger charge is 2.42. The second-order valence-corrected chi connectivity index (χ2v) is 21.9. The van der Waals surface area contributed by atoms with Gasteiger partial charge in [-0.15, -0.1) is 0 Å². The predicted octanol–water partition coefficient (Wildman–Crippen LogP) is 18.9. The predicted molar refractivity (Wildman–Crippen MR) is 334 cm³/mol. The minimum Gasteiger partial charge on any atom is -0.193 e. The van der Waals surface area contributed by atoms with E-state index in [0.29, 0.717) is 0 Å². The first-order valence-corrected chi connectivity index (χ1v) is 28.5. The van der Waals surface area contributed by atoms with Gasteiger partial charge in [-0.3, -0.25) is 0 Å². The molecule has 2 heteroatoms. The standard InChI is InChI=1S/C79H61N2/c1-54-49-67(71(56-29-11-3-12-30-56)57-31-13-4-14-32-57)76(68(50-54)72(58-33-15-5-16-34-58)59-35-17-6-18-36-59)80-53-81(79-66-48-28-46-64-45-27-47-65(75(64)66)78(79)80)77-69(73(60-37-19-7-20-38-60)61-39-21-8-22-40-61)51-55(2)52-70(77)74(62-41-23-9-24-42-62)63-43-25-10-26-44-63/h3-53,71-74H,1-2H3/q+1. The molecule has 0 spiro atoms. The van der Waals surface area contributed by atoms with Crippen molar-refractivity contribution in [1.82, 2.24) is 4.57 Å². The lowest BCUT2D eigenvalue weighted by Crippen LogP contribution is -2.35. The number of imidazole rings is 1. The van der Waals surface area contributed by atoms with Crippen LogP contribution in [-0.4, -0.2) is 4.57 Å². The molecule has 0 radical (unpaired) electrons. The molecule has 0 saturated carbocycles. The first-order valence-electron chi connectivity index (χ1n) is 28.5. The molecule has 0 saturated heterocycles. The lowest BCUT2D eigenvalue weighted by Gasteiger charge is -2.27. The van der Waals surface area contributed by atoms with Crippen molar-refractivity contribution in [3.8, 4) is 33.9 Å². The van der Waals surface area contributed by atoms with Gasteiger partial charge < -0.3 is 0 Å². The largest absolute Gasteiger partial charge is 0.255 e. The van der Waals surface area contributed by atoms with Gasteiger partial charge in [0.15, 0.2) is 11.4 Å². The summed E-state index contributed by atoms with van der Waals surface area (Å²) in [6, 6.07) is 113. The molecule has 1 heterocycles. The maximum atomic E-state index is 2.64. The molecular weight excluding hydrogens is 977 g/mol. The minimum atomic E-state index is -0.120. The number of nitrogens with zero attached hydrogens (tertiary/aromatic N) is 2. The molecule has 14 rings (SSSR count). The van der Waals surface area contributed by atoms with Gasteiger partial charge in [-0.25, -0.2) is 0 Å². The smallest absolute Gasteiger partial charge is 0.193 e. The highest BCUT2D eigenvalue weighted by atomic mass is 15.2. The third-order valence-electron chi connectivity index (χ3n) is 16.8. The number of aryl methyl sites for hydroxylation is 2. The molecule has 0 aliphatic heterocycles. The van der Waals surface area contributed by atoms with Gasteiger partial charge in [-0.05, 0) is 75.9 Å². The summed E-state index contributed by atoms with van der Waals surface area (Å²) >= 11 is 0. The number of fused-ring (bicyclic) bond motifs is 3.